The van der Waals surface area contributed by atoms with Gasteiger partial charge in [0, 0.05) is 12.6 Å². The molecule has 1 rings (SSSR count). The lowest BCUT2D eigenvalue weighted by Crippen LogP contribution is -2.28. The molecule has 3 nitrogen and oxygen atoms in total. The summed E-state index contributed by atoms with van der Waals surface area (Å²) in [6, 6.07) is 2.66. The van der Waals surface area contributed by atoms with Crippen molar-refractivity contribution >= 4 is 0 Å². The molecule has 19 heavy (non-hydrogen) atoms. The third kappa shape index (κ3) is 3.63. The second-order valence-corrected chi connectivity index (χ2v) is 5.35. The van der Waals surface area contributed by atoms with E-state index in [1.807, 2.05) is 0 Å². The average molecular weight is 265 g/mol. The van der Waals surface area contributed by atoms with E-state index >= 15 is 0 Å². The van der Waals surface area contributed by atoms with Crippen LogP contribution in [0, 0.1) is 13.8 Å². The molecule has 108 valence electrons. The fourth-order valence-electron chi connectivity index (χ4n) is 2.16. The summed E-state index contributed by atoms with van der Waals surface area (Å²) in [6.07, 6.45) is 0.968. The van der Waals surface area contributed by atoms with Crippen molar-refractivity contribution in [3.8, 4) is 11.5 Å². The van der Waals surface area contributed by atoms with Crippen molar-refractivity contribution in [3.05, 3.63) is 22.8 Å². The van der Waals surface area contributed by atoms with Crippen LogP contribution in [0.4, 0.5) is 0 Å². The molecular formula is C16H27NO2. The molecule has 0 unspecified atom stereocenters. The number of benzene rings is 1. The van der Waals surface area contributed by atoms with Gasteiger partial charge in [-0.2, -0.15) is 0 Å². The van der Waals surface area contributed by atoms with E-state index < -0.39 is 0 Å². The van der Waals surface area contributed by atoms with Gasteiger partial charge in [-0.25, -0.2) is 0 Å². The van der Waals surface area contributed by atoms with Gasteiger partial charge in [-0.15, -0.1) is 0 Å². The largest absolute Gasteiger partial charge is 0.496 e. The zero-order valence-corrected chi connectivity index (χ0v) is 13.3. The lowest BCUT2D eigenvalue weighted by molar-refractivity contribution is 0.276. The minimum Gasteiger partial charge on any atom is -0.496 e. The van der Waals surface area contributed by atoms with E-state index in [9.17, 15) is 0 Å². The van der Waals surface area contributed by atoms with Crippen LogP contribution in [-0.4, -0.2) is 38.8 Å². The Hall–Kier alpha value is -1.22. The molecule has 0 saturated carbocycles. The van der Waals surface area contributed by atoms with Gasteiger partial charge in [0.15, 0.2) is 0 Å². The summed E-state index contributed by atoms with van der Waals surface area (Å²) in [5.41, 5.74) is 3.54. The molecule has 0 aliphatic rings. The first-order chi connectivity index (χ1) is 8.92. The second kappa shape index (κ2) is 6.80. The molecule has 1 aromatic carbocycles. The smallest absolute Gasteiger partial charge is 0.125 e. The Bertz CT molecular complexity index is 427. The first kappa shape index (κ1) is 15.8. The third-order valence-electron chi connectivity index (χ3n) is 3.91. The quantitative estimate of drug-likeness (QED) is 0.788. The van der Waals surface area contributed by atoms with Crippen molar-refractivity contribution in [1.82, 2.24) is 4.90 Å². The monoisotopic (exact) mass is 265 g/mol. The summed E-state index contributed by atoms with van der Waals surface area (Å²) < 4.78 is 11.0. The lowest BCUT2D eigenvalue weighted by Gasteiger charge is -2.22. The van der Waals surface area contributed by atoms with Crippen molar-refractivity contribution in [2.45, 2.75) is 40.2 Å². The topological polar surface area (TPSA) is 21.7 Å². The molecule has 0 amide bonds. The van der Waals surface area contributed by atoms with Crippen LogP contribution in [-0.2, 0) is 6.42 Å². The molecular weight excluding hydrogens is 238 g/mol. The summed E-state index contributed by atoms with van der Waals surface area (Å²) in [7, 11) is 5.61. The van der Waals surface area contributed by atoms with Crippen LogP contribution in [0.2, 0.25) is 0 Å². The minimum absolute atomic E-state index is 0.555. The number of methoxy groups -OCH3 is 2. The van der Waals surface area contributed by atoms with Crippen LogP contribution in [0.15, 0.2) is 6.07 Å². The number of nitrogens with zero attached hydrogens (tertiary/aromatic N) is 1. The Kier molecular flexibility index (Phi) is 5.67. The Morgan fingerprint density at radius 2 is 1.74 bits per heavy atom. The van der Waals surface area contributed by atoms with Crippen LogP contribution in [0.25, 0.3) is 0 Å². The summed E-state index contributed by atoms with van der Waals surface area (Å²) in [5, 5.41) is 0. The molecule has 0 N–H and O–H groups in total. The number of hydrogen-bond acceptors (Lipinski definition) is 3. The zero-order valence-electron chi connectivity index (χ0n) is 13.3. The van der Waals surface area contributed by atoms with E-state index in [0.29, 0.717) is 6.04 Å². The minimum atomic E-state index is 0.555. The number of ether oxygens (including phenoxy) is 2. The molecule has 1 aromatic rings. The van der Waals surface area contributed by atoms with Crippen LogP contribution in [0.5, 0.6) is 11.5 Å². The summed E-state index contributed by atoms with van der Waals surface area (Å²) >= 11 is 0. The number of rotatable bonds is 6. The SMILES string of the molecule is COc1cc(CCN(C)C(C)C)c(OC)c(C)c1C. The molecule has 0 radical (unpaired) electrons. The highest BCUT2D eigenvalue weighted by atomic mass is 16.5. The fraction of sp³-hybridized carbons (Fsp3) is 0.625. The van der Waals surface area contributed by atoms with Gasteiger partial charge < -0.3 is 14.4 Å². The highest BCUT2D eigenvalue weighted by molar-refractivity contribution is 5.52. The molecule has 0 heterocycles. The van der Waals surface area contributed by atoms with E-state index in [1.165, 1.54) is 11.1 Å². The maximum absolute atomic E-state index is 5.58. The number of likely N-dealkylation sites (N-methyl/N-ethyl adjacent to an activating group) is 1. The highest BCUT2D eigenvalue weighted by Gasteiger charge is 2.14. The van der Waals surface area contributed by atoms with Crippen LogP contribution in [0.1, 0.15) is 30.5 Å². The molecule has 0 bridgehead atoms. The maximum Gasteiger partial charge on any atom is 0.125 e. The average Bonchev–Trinajstić information content (AvgIpc) is 2.39. The molecule has 0 saturated heterocycles. The maximum atomic E-state index is 5.58. The first-order valence-electron chi connectivity index (χ1n) is 6.83. The highest BCUT2D eigenvalue weighted by Crippen LogP contribution is 2.33. The van der Waals surface area contributed by atoms with Gasteiger partial charge in [-0.1, -0.05) is 0 Å². The predicted octanol–water partition coefficient (Wildman–Crippen LogP) is 3.20. The fourth-order valence-corrected chi connectivity index (χ4v) is 2.16. The molecule has 0 atom stereocenters. The van der Waals surface area contributed by atoms with Crippen molar-refractivity contribution < 1.29 is 9.47 Å². The normalized spacial score (nSPS) is 11.2. The van der Waals surface area contributed by atoms with E-state index in [1.54, 1.807) is 14.2 Å². The standard InChI is InChI=1S/C16H27NO2/c1-11(2)17(5)9-8-14-10-15(18-6)12(3)13(4)16(14)19-7/h10-11H,8-9H2,1-7H3. The van der Waals surface area contributed by atoms with E-state index in [4.69, 9.17) is 9.47 Å². The Morgan fingerprint density at radius 1 is 1.11 bits per heavy atom. The van der Waals surface area contributed by atoms with E-state index in [0.717, 1.165) is 30.0 Å². The van der Waals surface area contributed by atoms with Gasteiger partial charge >= 0.3 is 0 Å². The molecule has 0 aliphatic carbocycles. The van der Waals surface area contributed by atoms with Gasteiger partial charge in [-0.05, 0) is 63.9 Å². The predicted molar refractivity (Wildman–Crippen MR) is 80.5 cm³/mol. The van der Waals surface area contributed by atoms with Gasteiger partial charge in [0.25, 0.3) is 0 Å². The van der Waals surface area contributed by atoms with E-state index in [2.05, 4.69) is 45.7 Å². The first-order valence-corrected chi connectivity index (χ1v) is 6.83. The zero-order chi connectivity index (χ0) is 14.6. The van der Waals surface area contributed by atoms with Crippen LogP contribution in [0.3, 0.4) is 0 Å². The molecule has 0 aromatic heterocycles. The summed E-state index contributed by atoms with van der Waals surface area (Å²) in [6.45, 7) is 9.59. The molecule has 0 spiro atoms. The van der Waals surface area contributed by atoms with E-state index in [-0.39, 0.29) is 0 Å². The lowest BCUT2D eigenvalue weighted by atomic mass is 10.0. The summed E-state index contributed by atoms with van der Waals surface area (Å²) in [5.74, 6) is 1.94. The van der Waals surface area contributed by atoms with Gasteiger partial charge in [0.2, 0.25) is 0 Å². The second-order valence-electron chi connectivity index (χ2n) is 5.35. The molecule has 0 aliphatic heterocycles. The van der Waals surface area contributed by atoms with Crippen molar-refractivity contribution in [2.75, 3.05) is 27.8 Å². The van der Waals surface area contributed by atoms with Gasteiger partial charge in [-0.3, -0.25) is 0 Å². The van der Waals surface area contributed by atoms with Crippen molar-refractivity contribution in [3.63, 3.8) is 0 Å². The van der Waals surface area contributed by atoms with Gasteiger partial charge in [0.1, 0.15) is 11.5 Å². The Labute approximate surface area is 117 Å². The summed E-state index contributed by atoms with van der Waals surface area (Å²) in [4.78, 5) is 2.33. The third-order valence-corrected chi connectivity index (χ3v) is 3.91. The number of hydrogen-bond donors (Lipinski definition) is 0. The van der Waals surface area contributed by atoms with Crippen molar-refractivity contribution in [2.24, 2.45) is 0 Å². The van der Waals surface area contributed by atoms with Crippen molar-refractivity contribution in [1.29, 1.82) is 0 Å². The Morgan fingerprint density at radius 3 is 2.21 bits per heavy atom. The van der Waals surface area contributed by atoms with Crippen LogP contribution >= 0.6 is 0 Å². The Balaban J connectivity index is 3.02. The van der Waals surface area contributed by atoms with Gasteiger partial charge in [0.05, 0.1) is 14.2 Å². The van der Waals surface area contributed by atoms with Crippen LogP contribution < -0.4 is 9.47 Å². The molecule has 0 fully saturated rings. The molecule has 3 heteroatoms.